The van der Waals surface area contributed by atoms with Gasteiger partial charge in [-0.1, -0.05) is 24.3 Å². The second kappa shape index (κ2) is 6.87. The third-order valence-electron chi connectivity index (χ3n) is 2.31. The molecule has 0 saturated carbocycles. The summed E-state index contributed by atoms with van der Waals surface area (Å²) in [5, 5.41) is 7.25. The number of nitrogens with zero attached hydrogens (tertiary/aromatic N) is 2. The van der Waals surface area contributed by atoms with Crippen LogP contribution in [0.4, 0.5) is 4.79 Å². The highest BCUT2D eigenvalue weighted by molar-refractivity contribution is 8.20. The molecule has 2 rings (SSSR count). The van der Waals surface area contributed by atoms with Crippen molar-refractivity contribution in [1.82, 2.24) is 19.7 Å². The minimum atomic E-state index is -0.978. The Morgan fingerprint density at radius 3 is 1.45 bits per heavy atom. The van der Waals surface area contributed by atoms with Crippen molar-refractivity contribution in [1.29, 1.82) is 0 Å². The van der Waals surface area contributed by atoms with Crippen molar-refractivity contribution in [2.24, 2.45) is 0 Å². The first-order valence-corrected chi connectivity index (χ1v) is 8.44. The lowest BCUT2D eigenvalue weighted by Crippen LogP contribution is -2.49. The zero-order chi connectivity index (χ0) is 14.4. The molecule has 0 radical (unpaired) electrons. The normalized spacial score (nSPS) is 18.2. The molecule has 0 saturated heterocycles. The molecule has 0 atom stereocenters. The van der Waals surface area contributed by atoms with Gasteiger partial charge in [-0.3, -0.25) is 9.59 Å². The number of thiol groups is 2. The van der Waals surface area contributed by atoms with Crippen LogP contribution < -0.4 is 10.9 Å². The van der Waals surface area contributed by atoms with Crippen LogP contribution in [0.15, 0.2) is 45.9 Å². The molecule has 7 nitrogen and oxygen atoms in total. The lowest BCUT2D eigenvalue weighted by Gasteiger charge is -2.29. The van der Waals surface area contributed by atoms with E-state index in [4.69, 9.17) is 0 Å². The van der Waals surface area contributed by atoms with Crippen molar-refractivity contribution in [2.75, 3.05) is 0 Å². The largest absolute Gasteiger partial charge is 0.354 e. The fraction of sp³-hybridized carbons (Fsp3) is 0. The van der Waals surface area contributed by atoms with Gasteiger partial charge in [-0.2, -0.15) is 0 Å². The van der Waals surface area contributed by atoms with Crippen LogP contribution in [0.1, 0.15) is 0 Å². The van der Waals surface area contributed by atoms with Crippen molar-refractivity contribution in [3.8, 4) is 0 Å². The van der Waals surface area contributed by atoms with Crippen molar-refractivity contribution >= 4 is 41.0 Å². The summed E-state index contributed by atoms with van der Waals surface area (Å²) in [6.45, 7) is 0. The first kappa shape index (κ1) is 14.3. The zero-order valence-electron chi connectivity index (χ0n) is 10.3. The van der Waals surface area contributed by atoms with E-state index in [0.717, 1.165) is 0 Å². The summed E-state index contributed by atoms with van der Waals surface area (Å²) < 4.78 is 2.34. The Bertz CT molecular complexity index is 450. The highest BCUT2D eigenvalue weighted by Crippen LogP contribution is 2.35. The third-order valence-corrected chi connectivity index (χ3v) is 5.60. The van der Waals surface area contributed by atoms with Crippen molar-refractivity contribution in [2.45, 2.75) is 0 Å². The number of hydrazine groups is 2. The third kappa shape index (κ3) is 3.45. The van der Waals surface area contributed by atoms with Crippen LogP contribution in [0.25, 0.3) is 0 Å². The molecule has 2 N–H and O–H groups in total. The van der Waals surface area contributed by atoms with Gasteiger partial charge in [-0.05, 0) is 21.6 Å². The minimum Gasteiger partial charge on any atom is -0.276 e. The van der Waals surface area contributed by atoms with E-state index >= 15 is 0 Å². The summed E-state index contributed by atoms with van der Waals surface area (Å²) in [6, 6.07) is -0.642. The maximum absolute atomic E-state index is 11.8. The molecule has 0 aromatic rings. The summed E-state index contributed by atoms with van der Waals surface area (Å²) in [5.74, 6) is 0. The standard InChI is InChI=1S/C11H14N4O3S2/c16-9-14(19-5-1-2-6-19)12-11(18)13-15(10-17)20-7-3-4-8-20/h1-10,19-20H,(H2,12,13,18). The van der Waals surface area contributed by atoms with Gasteiger partial charge in [0.2, 0.25) is 12.8 Å². The molecule has 0 spiro atoms. The van der Waals surface area contributed by atoms with E-state index in [-0.39, 0.29) is 0 Å². The van der Waals surface area contributed by atoms with Gasteiger partial charge in [-0.15, -0.1) is 22.2 Å². The zero-order valence-corrected chi connectivity index (χ0v) is 12.1. The van der Waals surface area contributed by atoms with Gasteiger partial charge < -0.3 is 0 Å². The highest BCUT2D eigenvalue weighted by atomic mass is 32.2. The molecule has 2 heterocycles. The lowest BCUT2D eigenvalue weighted by atomic mass is 10.6. The molecule has 0 unspecified atom stereocenters. The van der Waals surface area contributed by atoms with E-state index in [9.17, 15) is 14.4 Å². The topological polar surface area (TPSA) is 81.8 Å². The molecule has 0 aliphatic carbocycles. The molecule has 0 aromatic heterocycles. The van der Waals surface area contributed by atoms with Gasteiger partial charge in [0, 0.05) is 0 Å². The first-order valence-electron chi connectivity index (χ1n) is 5.57. The number of urea groups is 1. The van der Waals surface area contributed by atoms with E-state index < -0.39 is 28.2 Å². The second-order valence-corrected chi connectivity index (χ2v) is 7.15. The average molecular weight is 314 g/mol. The summed E-state index contributed by atoms with van der Waals surface area (Å²) in [6.07, 6.45) is 8.29. The maximum Gasteiger partial charge on any atom is 0.354 e. The van der Waals surface area contributed by atoms with Crippen molar-refractivity contribution in [3.63, 3.8) is 0 Å². The molecule has 2 aliphatic rings. The van der Waals surface area contributed by atoms with Gasteiger partial charge in [-0.25, -0.2) is 24.5 Å². The predicted octanol–water partition coefficient (Wildman–Crippen LogP) is 0.947. The van der Waals surface area contributed by atoms with E-state index in [1.807, 2.05) is 21.6 Å². The van der Waals surface area contributed by atoms with Gasteiger partial charge in [0.15, 0.2) is 0 Å². The van der Waals surface area contributed by atoms with Crippen LogP contribution in [0.2, 0.25) is 0 Å². The van der Waals surface area contributed by atoms with Crippen LogP contribution >= 0.6 is 22.2 Å². The monoisotopic (exact) mass is 314 g/mol. The van der Waals surface area contributed by atoms with E-state index in [1.54, 1.807) is 24.3 Å². The van der Waals surface area contributed by atoms with E-state index in [1.165, 1.54) is 8.83 Å². The Hall–Kier alpha value is -2.13. The van der Waals surface area contributed by atoms with Crippen LogP contribution in [0, 0.1) is 0 Å². The van der Waals surface area contributed by atoms with Crippen molar-refractivity contribution < 1.29 is 14.4 Å². The molecule has 9 heteroatoms. The molecular formula is C11H14N4O3S2. The summed E-state index contributed by atoms with van der Waals surface area (Å²) in [4.78, 5) is 33.7. The number of allylic oxidation sites excluding steroid dienone is 4. The number of hydrogen-bond acceptors (Lipinski definition) is 3. The Kier molecular flexibility index (Phi) is 4.91. The molecule has 4 amide bonds. The van der Waals surface area contributed by atoms with Crippen LogP contribution in [0.5, 0.6) is 0 Å². The van der Waals surface area contributed by atoms with E-state index in [0.29, 0.717) is 12.8 Å². The fourth-order valence-electron chi connectivity index (χ4n) is 1.45. The fourth-order valence-corrected chi connectivity index (χ4v) is 3.95. The minimum absolute atomic E-state index is 0.539. The molecule has 20 heavy (non-hydrogen) atoms. The lowest BCUT2D eigenvalue weighted by molar-refractivity contribution is -0.115. The molecule has 0 fully saturated rings. The number of carbonyl (C=O) groups is 3. The number of nitrogens with one attached hydrogen (secondary N) is 2. The summed E-state index contributed by atoms with van der Waals surface area (Å²) in [5.41, 5.74) is 4.80. The maximum atomic E-state index is 11.8. The summed E-state index contributed by atoms with van der Waals surface area (Å²) >= 11 is -1.96. The van der Waals surface area contributed by atoms with Crippen LogP contribution in [-0.4, -0.2) is 27.7 Å². The molecule has 2 aliphatic heterocycles. The van der Waals surface area contributed by atoms with Crippen LogP contribution in [-0.2, 0) is 9.59 Å². The van der Waals surface area contributed by atoms with E-state index in [2.05, 4.69) is 10.9 Å². The Labute approximate surface area is 121 Å². The Morgan fingerprint density at radius 2 is 1.15 bits per heavy atom. The number of rotatable bonds is 6. The molecular weight excluding hydrogens is 300 g/mol. The number of carbonyl (C=O) groups excluding carboxylic acids is 3. The average Bonchev–Trinajstić information content (AvgIpc) is 3.14. The summed E-state index contributed by atoms with van der Waals surface area (Å²) in [7, 11) is 0. The smallest absolute Gasteiger partial charge is 0.276 e. The molecule has 0 aromatic carbocycles. The van der Waals surface area contributed by atoms with Gasteiger partial charge in [0.05, 0.1) is 0 Å². The highest BCUT2D eigenvalue weighted by Gasteiger charge is 2.16. The Morgan fingerprint density at radius 1 is 0.800 bits per heavy atom. The Balaban J connectivity index is 1.90. The first-order chi connectivity index (χ1) is 9.74. The van der Waals surface area contributed by atoms with Gasteiger partial charge in [0.25, 0.3) is 0 Å². The van der Waals surface area contributed by atoms with Crippen LogP contribution in [0.3, 0.4) is 0 Å². The van der Waals surface area contributed by atoms with Gasteiger partial charge >= 0.3 is 6.03 Å². The predicted molar refractivity (Wildman–Crippen MR) is 82.0 cm³/mol. The SMILES string of the molecule is O=CN(NC(=O)NN(C=O)[SH]1C=CC=C1)[SH]1C=CC=C1. The second-order valence-electron chi connectivity index (χ2n) is 3.58. The van der Waals surface area contributed by atoms with Crippen molar-refractivity contribution in [3.05, 3.63) is 45.9 Å². The quantitative estimate of drug-likeness (QED) is 0.335. The van der Waals surface area contributed by atoms with Gasteiger partial charge in [0.1, 0.15) is 0 Å². The molecule has 0 bridgehead atoms. The number of hydrogen-bond donors (Lipinski definition) is 4. The molecule has 108 valence electrons. The number of amides is 4.